The van der Waals surface area contributed by atoms with Crippen molar-refractivity contribution in [1.29, 1.82) is 0 Å². The van der Waals surface area contributed by atoms with Crippen molar-refractivity contribution in [3.8, 4) is 0 Å². The summed E-state index contributed by atoms with van der Waals surface area (Å²) in [7, 11) is 0. The molecule has 0 aliphatic carbocycles. The van der Waals surface area contributed by atoms with Crippen molar-refractivity contribution in [2.24, 2.45) is 0 Å². The number of furan rings is 1. The fourth-order valence-corrected chi connectivity index (χ4v) is 1.40. The molecular weight excluding hydrogens is 220 g/mol. The lowest BCUT2D eigenvalue weighted by Gasteiger charge is -2.08. The molecule has 0 aliphatic heterocycles. The molecule has 0 bridgehead atoms. The first-order valence-corrected chi connectivity index (χ1v) is 5.58. The van der Waals surface area contributed by atoms with Crippen molar-refractivity contribution in [2.45, 2.75) is 32.8 Å². The number of rotatable bonds is 6. The van der Waals surface area contributed by atoms with Gasteiger partial charge in [0, 0.05) is 12.5 Å². The lowest BCUT2D eigenvalue weighted by molar-refractivity contribution is -0.139. The van der Waals surface area contributed by atoms with Gasteiger partial charge in [0.1, 0.15) is 6.61 Å². The van der Waals surface area contributed by atoms with E-state index in [1.54, 1.807) is 18.6 Å². The molecule has 1 N–H and O–H groups in total. The zero-order valence-corrected chi connectivity index (χ0v) is 10.2. The quantitative estimate of drug-likeness (QED) is 0.611. The summed E-state index contributed by atoms with van der Waals surface area (Å²) in [6, 6.07) is 1.75. The molecule has 4 nitrogen and oxygen atoms in total. The van der Waals surface area contributed by atoms with Crippen LogP contribution in [0.3, 0.4) is 0 Å². The minimum absolute atomic E-state index is 0.285. The van der Waals surface area contributed by atoms with Gasteiger partial charge >= 0.3 is 5.97 Å². The van der Waals surface area contributed by atoms with Crippen LogP contribution in [0, 0.1) is 0 Å². The van der Waals surface area contributed by atoms with E-state index in [-0.39, 0.29) is 5.97 Å². The minimum atomic E-state index is -0.508. The smallest absolute Gasteiger partial charge is 0.302 e. The SMILES string of the molecule is CC(=O)OC/C=C(\C)CC[C@@H](O)c1ccoc1. The first-order valence-electron chi connectivity index (χ1n) is 5.58. The molecule has 0 unspecified atom stereocenters. The van der Waals surface area contributed by atoms with Crippen LogP contribution in [0.5, 0.6) is 0 Å². The van der Waals surface area contributed by atoms with Crippen molar-refractivity contribution in [2.75, 3.05) is 6.61 Å². The summed E-state index contributed by atoms with van der Waals surface area (Å²) in [5, 5.41) is 9.80. The lowest BCUT2D eigenvalue weighted by atomic mass is 10.0. The number of carbonyl (C=O) groups excluding carboxylic acids is 1. The molecule has 0 aromatic carbocycles. The van der Waals surface area contributed by atoms with Gasteiger partial charge in [0.25, 0.3) is 0 Å². The Labute approximate surface area is 101 Å². The van der Waals surface area contributed by atoms with Crippen molar-refractivity contribution in [3.05, 3.63) is 35.8 Å². The molecule has 1 atom stereocenters. The van der Waals surface area contributed by atoms with E-state index >= 15 is 0 Å². The van der Waals surface area contributed by atoms with Crippen LogP contribution in [-0.4, -0.2) is 17.7 Å². The summed E-state index contributed by atoms with van der Waals surface area (Å²) >= 11 is 0. The van der Waals surface area contributed by atoms with Crippen molar-refractivity contribution < 1.29 is 19.1 Å². The molecule has 17 heavy (non-hydrogen) atoms. The highest BCUT2D eigenvalue weighted by Gasteiger charge is 2.08. The van der Waals surface area contributed by atoms with Gasteiger partial charge in [-0.25, -0.2) is 0 Å². The summed E-state index contributed by atoms with van der Waals surface area (Å²) in [4.78, 5) is 10.5. The predicted octanol–water partition coefficient (Wildman–Crippen LogP) is 2.60. The van der Waals surface area contributed by atoms with Gasteiger partial charge < -0.3 is 14.3 Å². The van der Waals surface area contributed by atoms with Crippen LogP contribution in [-0.2, 0) is 9.53 Å². The highest BCUT2D eigenvalue weighted by molar-refractivity contribution is 5.66. The van der Waals surface area contributed by atoms with Crippen molar-refractivity contribution in [1.82, 2.24) is 0 Å². The normalized spacial score (nSPS) is 13.5. The van der Waals surface area contributed by atoms with Crippen LogP contribution in [0.15, 0.2) is 34.7 Å². The van der Waals surface area contributed by atoms with Crippen molar-refractivity contribution in [3.63, 3.8) is 0 Å². The Bertz CT molecular complexity index is 365. The number of esters is 1. The number of aliphatic hydroxyl groups excluding tert-OH is 1. The molecule has 1 aromatic rings. The second kappa shape index (κ2) is 6.91. The Hall–Kier alpha value is -1.55. The van der Waals surface area contributed by atoms with Crippen LogP contribution in [0.1, 0.15) is 38.4 Å². The van der Waals surface area contributed by atoms with Gasteiger partial charge in [0.05, 0.1) is 18.6 Å². The molecule has 1 heterocycles. The van der Waals surface area contributed by atoms with E-state index in [4.69, 9.17) is 9.15 Å². The van der Waals surface area contributed by atoms with Crippen LogP contribution < -0.4 is 0 Å². The molecule has 94 valence electrons. The first kappa shape index (κ1) is 13.5. The number of hydrogen-bond donors (Lipinski definition) is 1. The standard InChI is InChI=1S/C13H18O4/c1-10(5-8-17-11(2)14)3-4-13(15)12-6-7-16-9-12/h5-7,9,13,15H,3-4,8H2,1-2H3/b10-5+/t13-/m1/s1. The van der Waals surface area contributed by atoms with Gasteiger partial charge in [-0.1, -0.05) is 5.57 Å². The zero-order chi connectivity index (χ0) is 12.7. The van der Waals surface area contributed by atoms with Crippen LogP contribution in [0.4, 0.5) is 0 Å². The summed E-state index contributed by atoms with van der Waals surface area (Å²) in [6.45, 7) is 3.63. The predicted molar refractivity (Wildman–Crippen MR) is 63.3 cm³/mol. The van der Waals surface area contributed by atoms with Gasteiger partial charge in [-0.05, 0) is 31.9 Å². The monoisotopic (exact) mass is 238 g/mol. The van der Waals surface area contributed by atoms with E-state index < -0.39 is 6.10 Å². The van der Waals surface area contributed by atoms with Gasteiger partial charge in [-0.3, -0.25) is 4.79 Å². The molecule has 0 spiro atoms. The first-order chi connectivity index (χ1) is 8.09. The maximum absolute atomic E-state index is 10.5. The van der Waals surface area contributed by atoms with E-state index in [1.165, 1.54) is 6.92 Å². The van der Waals surface area contributed by atoms with E-state index in [1.807, 2.05) is 13.0 Å². The molecule has 4 heteroatoms. The number of allylic oxidation sites excluding steroid dienone is 1. The summed E-state index contributed by atoms with van der Waals surface area (Å²) < 4.78 is 9.70. The molecule has 1 rings (SSSR count). The van der Waals surface area contributed by atoms with Gasteiger partial charge in [-0.2, -0.15) is 0 Å². The zero-order valence-electron chi connectivity index (χ0n) is 10.2. The fourth-order valence-electron chi connectivity index (χ4n) is 1.40. The molecule has 0 fully saturated rings. The van der Waals surface area contributed by atoms with E-state index in [9.17, 15) is 9.90 Å². The number of aliphatic hydroxyl groups is 1. The maximum Gasteiger partial charge on any atom is 0.302 e. The third-order valence-electron chi connectivity index (χ3n) is 2.46. The Morgan fingerprint density at radius 3 is 2.94 bits per heavy atom. The summed E-state index contributed by atoms with van der Waals surface area (Å²) in [5.74, 6) is -0.285. The number of ether oxygens (including phenoxy) is 1. The molecule has 0 amide bonds. The van der Waals surface area contributed by atoms with Gasteiger partial charge in [0.2, 0.25) is 0 Å². The molecule has 1 aromatic heterocycles. The topological polar surface area (TPSA) is 59.7 Å². The second-order valence-electron chi connectivity index (χ2n) is 3.96. The second-order valence-corrected chi connectivity index (χ2v) is 3.96. The van der Waals surface area contributed by atoms with Crippen LogP contribution in [0.25, 0.3) is 0 Å². The Kier molecular flexibility index (Phi) is 5.49. The van der Waals surface area contributed by atoms with E-state index in [2.05, 4.69) is 0 Å². The number of carbonyl (C=O) groups is 1. The van der Waals surface area contributed by atoms with Crippen LogP contribution >= 0.6 is 0 Å². The summed E-state index contributed by atoms with van der Waals surface area (Å²) in [6.07, 6.45) is 5.81. The largest absolute Gasteiger partial charge is 0.472 e. The maximum atomic E-state index is 10.5. The van der Waals surface area contributed by atoms with Crippen LogP contribution in [0.2, 0.25) is 0 Å². The van der Waals surface area contributed by atoms with E-state index in [0.717, 1.165) is 17.6 Å². The highest BCUT2D eigenvalue weighted by atomic mass is 16.5. The fraction of sp³-hybridized carbons (Fsp3) is 0.462. The lowest BCUT2D eigenvalue weighted by Crippen LogP contribution is -1.99. The average Bonchev–Trinajstić information content (AvgIpc) is 2.78. The third kappa shape index (κ3) is 5.36. The average molecular weight is 238 g/mol. The molecule has 0 saturated carbocycles. The van der Waals surface area contributed by atoms with E-state index in [0.29, 0.717) is 13.0 Å². The minimum Gasteiger partial charge on any atom is -0.472 e. The van der Waals surface area contributed by atoms with Crippen molar-refractivity contribution >= 4 is 5.97 Å². The molecular formula is C13H18O4. The number of hydrogen-bond acceptors (Lipinski definition) is 4. The highest BCUT2D eigenvalue weighted by Crippen LogP contribution is 2.20. The molecule has 0 saturated heterocycles. The Morgan fingerprint density at radius 1 is 1.59 bits per heavy atom. The third-order valence-corrected chi connectivity index (χ3v) is 2.46. The van der Waals surface area contributed by atoms with Gasteiger partial charge in [-0.15, -0.1) is 0 Å². The molecule has 0 radical (unpaired) electrons. The van der Waals surface area contributed by atoms with Gasteiger partial charge in [0.15, 0.2) is 0 Å². The summed E-state index contributed by atoms with van der Waals surface area (Å²) in [5.41, 5.74) is 1.88. The Morgan fingerprint density at radius 2 is 2.35 bits per heavy atom. The Balaban J connectivity index is 2.27. The molecule has 0 aliphatic rings.